The fraction of sp³-hybridized carbons (Fsp3) is 0.429. The van der Waals surface area contributed by atoms with Gasteiger partial charge in [0.05, 0.1) is 0 Å². The van der Waals surface area contributed by atoms with Crippen molar-refractivity contribution in [1.29, 1.82) is 0 Å². The number of nitrogens with two attached hydrogens (primary N) is 1. The minimum Gasteiger partial charge on any atom is -0.480 e. The van der Waals surface area contributed by atoms with Crippen LogP contribution in [0.15, 0.2) is 24.3 Å². The van der Waals surface area contributed by atoms with E-state index in [1.165, 1.54) is 4.90 Å². The lowest BCUT2D eigenvalue weighted by atomic mass is 9.93. The fourth-order valence-electron chi connectivity index (χ4n) is 2.36. The van der Waals surface area contributed by atoms with Crippen LogP contribution in [0.1, 0.15) is 18.1 Å². The largest absolute Gasteiger partial charge is 0.480 e. The number of carbonyl (C=O) groups excluding carboxylic acids is 1. The van der Waals surface area contributed by atoms with Crippen LogP contribution in [0.5, 0.6) is 0 Å². The predicted molar refractivity (Wildman–Crippen MR) is 70.3 cm³/mol. The second-order valence-electron chi connectivity index (χ2n) is 4.93. The highest BCUT2D eigenvalue weighted by Gasteiger charge is 2.35. The van der Waals surface area contributed by atoms with Crippen LogP contribution >= 0.6 is 0 Å². The van der Waals surface area contributed by atoms with Crippen molar-refractivity contribution < 1.29 is 14.7 Å². The molecule has 1 amide bonds. The van der Waals surface area contributed by atoms with Crippen LogP contribution in [-0.2, 0) is 22.6 Å². The van der Waals surface area contributed by atoms with Crippen molar-refractivity contribution in [2.45, 2.75) is 25.9 Å². The van der Waals surface area contributed by atoms with E-state index in [-0.39, 0.29) is 18.4 Å². The molecule has 1 aliphatic rings. The van der Waals surface area contributed by atoms with Gasteiger partial charge < -0.3 is 15.7 Å². The predicted octanol–water partition coefficient (Wildman–Crippen LogP) is 0.619. The van der Waals surface area contributed by atoms with Crippen molar-refractivity contribution in [3.05, 3.63) is 35.4 Å². The van der Waals surface area contributed by atoms with E-state index in [0.717, 1.165) is 11.1 Å². The van der Waals surface area contributed by atoms with E-state index in [2.05, 4.69) is 0 Å². The normalized spacial score (nSPS) is 19.7. The minimum absolute atomic E-state index is 0.190. The van der Waals surface area contributed by atoms with E-state index in [4.69, 9.17) is 5.73 Å². The molecule has 19 heavy (non-hydrogen) atoms. The van der Waals surface area contributed by atoms with E-state index < -0.39 is 12.0 Å². The molecule has 1 unspecified atom stereocenters. The van der Waals surface area contributed by atoms with Crippen LogP contribution in [-0.4, -0.2) is 34.5 Å². The first-order valence-electron chi connectivity index (χ1n) is 6.34. The Balaban J connectivity index is 2.31. The number of benzene rings is 1. The molecule has 2 rings (SSSR count). The minimum atomic E-state index is -0.966. The Bertz CT molecular complexity index is 501. The Hall–Kier alpha value is -1.88. The summed E-state index contributed by atoms with van der Waals surface area (Å²) >= 11 is 0. The summed E-state index contributed by atoms with van der Waals surface area (Å²) in [5, 5.41) is 9.31. The van der Waals surface area contributed by atoms with Gasteiger partial charge >= 0.3 is 5.97 Å². The number of hydrogen-bond donors (Lipinski definition) is 2. The molecule has 2 atom stereocenters. The number of aliphatic carboxylic acids is 1. The molecule has 0 saturated heterocycles. The molecule has 0 bridgehead atoms. The number of nitrogens with zero attached hydrogens (tertiary/aromatic N) is 1. The molecular weight excluding hydrogens is 244 g/mol. The Morgan fingerprint density at radius 2 is 2.05 bits per heavy atom. The summed E-state index contributed by atoms with van der Waals surface area (Å²) in [5.74, 6) is -1.51. The third-order valence-corrected chi connectivity index (χ3v) is 3.59. The van der Waals surface area contributed by atoms with Gasteiger partial charge in [-0.15, -0.1) is 0 Å². The van der Waals surface area contributed by atoms with Crippen molar-refractivity contribution in [3.63, 3.8) is 0 Å². The van der Waals surface area contributed by atoms with Crippen molar-refractivity contribution in [2.24, 2.45) is 11.7 Å². The summed E-state index contributed by atoms with van der Waals surface area (Å²) in [6, 6.07) is 6.84. The van der Waals surface area contributed by atoms with Gasteiger partial charge in [0, 0.05) is 25.4 Å². The Morgan fingerprint density at radius 1 is 1.42 bits per heavy atom. The number of carboxylic acids is 1. The van der Waals surface area contributed by atoms with Gasteiger partial charge in [0.1, 0.15) is 6.04 Å². The Kier molecular flexibility index (Phi) is 3.85. The number of carbonyl (C=O) groups is 2. The van der Waals surface area contributed by atoms with Crippen molar-refractivity contribution in [3.8, 4) is 0 Å². The number of hydrogen-bond acceptors (Lipinski definition) is 3. The summed E-state index contributed by atoms with van der Waals surface area (Å²) in [4.78, 5) is 25.0. The lowest BCUT2D eigenvalue weighted by Gasteiger charge is -2.35. The molecule has 5 heteroatoms. The van der Waals surface area contributed by atoms with Gasteiger partial charge in [-0.05, 0) is 11.1 Å². The van der Waals surface area contributed by atoms with Crippen molar-refractivity contribution in [2.75, 3.05) is 6.54 Å². The number of rotatable bonds is 3. The average Bonchev–Trinajstić information content (AvgIpc) is 2.44. The summed E-state index contributed by atoms with van der Waals surface area (Å²) in [7, 11) is 0. The first-order chi connectivity index (χ1) is 9.04. The lowest BCUT2D eigenvalue weighted by molar-refractivity contribution is -0.152. The van der Waals surface area contributed by atoms with E-state index in [0.29, 0.717) is 13.0 Å². The van der Waals surface area contributed by atoms with Gasteiger partial charge in [0.2, 0.25) is 5.91 Å². The quantitative estimate of drug-likeness (QED) is 0.836. The number of fused-ring (bicyclic) bond motifs is 1. The van der Waals surface area contributed by atoms with Gasteiger partial charge in [0.15, 0.2) is 0 Å². The third-order valence-electron chi connectivity index (χ3n) is 3.59. The van der Waals surface area contributed by atoms with Gasteiger partial charge in [-0.25, -0.2) is 4.79 Å². The SMILES string of the molecule is CC(CN)C(=O)N1Cc2ccccc2C[C@H]1C(=O)O. The summed E-state index contributed by atoms with van der Waals surface area (Å²) in [6.45, 7) is 2.29. The number of amides is 1. The highest BCUT2D eigenvalue weighted by Crippen LogP contribution is 2.24. The van der Waals surface area contributed by atoms with Gasteiger partial charge in [0.25, 0.3) is 0 Å². The maximum absolute atomic E-state index is 12.2. The van der Waals surface area contributed by atoms with Gasteiger partial charge in [-0.1, -0.05) is 31.2 Å². The average molecular weight is 262 g/mol. The summed E-state index contributed by atoms with van der Waals surface area (Å²) in [5.41, 5.74) is 7.51. The van der Waals surface area contributed by atoms with Crippen LogP contribution in [0.2, 0.25) is 0 Å². The van der Waals surface area contributed by atoms with Crippen LogP contribution in [0.3, 0.4) is 0 Å². The van der Waals surface area contributed by atoms with E-state index in [9.17, 15) is 14.7 Å². The zero-order valence-corrected chi connectivity index (χ0v) is 10.9. The molecule has 3 N–H and O–H groups in total. The zero-order chi connectivity index (χ0) is 14.0. The Morgan fingerprint density at radius 3 is 2.63 bits per heavy atom. The zero-order valence-electron chi connectivity index (χ0n) is 10.9. The molecule has 0 radical (unpaired) electrons. The lowest BCUT2D eigenvalue weighted by Crippen LogP contribution is -2.51. The first kappa shape index (κ1) is 13.5. The van der Waals surface area contributed by atoms with Gasteiger partial charge in [-0.3, -0.25) is 4.79 Å². The van der Waals surface area contributed by atoms with Crippen LogP contribution in [0.4, 0.5) is 0 Å². The molecule has 1 aromatic carbocycles. The molecular formula is C14H18N2O3. The topological polar surface area (TPSA) is 83.6 Å². The molecule has 0 aromatic heterocycles. The first-order valence-corrected chi connectivity index (χ1v) is 6.34. The Labute approximate surface area is 112 Å². The highest BCUT2D eigenvalue weighted by atomic mass is 16.4. The maximum atomic E-state index is 12.2. The molecule has 102 valence electrons. The second kappa shape index (κ2) is 5.40. The second-order valence-corrected chi connectivity index (χ2v) is 4.93. The standard InChI is InChI=1S/C14H18N2O3/c1-9(7-15)13(17)16-8-11-5-3-2-4-10(11)6-12(16)14(18)19/h2-5,9,12H,6-8,15H2,1H3,(H,18,19)/t9?,12-/m0/s1. The molecule has 1 aromatic rings. The molecule has 1 aliphatic heterocycles. The number of carboxylic acid groups (broad SMARTS) is 1. The van der Waals surface area contributed by atoms with Gasteiger partial charge in [-0.2, -0.15) is 0 Å². The highest BCUT2D eigenvalue weighted by molar-refractivity contribution is 5.85. The smallest absolute Gasteiger partial charge is 0.326 e. The molecule has 5 nitrogen and oxygen atoms in total. The fourth-order valence-corrected chi connectivity index (χ4v) is 2.36. The van der Waals surface area contributed by atoms with E-state index in [1.54, 1.807) is 6.92 Å². The monoisotopic (exact) mass is 262 g/mol. The van der Waals surface area contributed by atoms with Crippen molar-refractivity contribution >= 4 is 11.9 Å². The molecule has 0 aliphatic carbocycles. The summed E-state index contributed by atoms with van der Waals surface area (Å²) in [6.07, 6.45) is 0.356. The van der Waals surface area contributed by atoms with Crippen LogP contribution in [0, 0.1) is 5.92 Å². The van der Waals surface area contributed by atoms with E-state index >= 15 is 0 Å². The maximum Gasteiger partial charge on any atom is 0.326 e. The van der Waals surface area contributed by atoms with E-state index in [1.807, 2.05) is 24.3 Å². The molecule has 0 spiro atoms. The summed E-state index contributed by atoms with van der Waals surface area (Å²) < 4.78 is 0. The molecule has 0 fully saturated rings. The molecule has 1 heterocycles. The van der Waals surface area contributed by atoms with Crippen LogP contribution in [0.25, 0.3) is 0 Å². The third kappa shape index (κ3) is 2.61. The van der Waals surface area contributed by atoms with Crippen LogP contribution < -0.4 is 5.73 Å². The molecule has 0 saturated carbocycles. The van der Waals surface area contributed by atoms with Crippen molar-refractivity contribution in [1.82, 2.24) is 4.90 Å².